The number of aliphatic imine (C=N–C) groups is 1. The zero-order valence-electron chi connectivity index (χ0n) is 24.4. The second kappa shape index (κ2) is 17.2. The summed E-state index contributed by atoms with van der Waals surface area (Å²) in [7, 11) is 0. The molecule has 0 bridgehead atoms. The summed E-state index contributed by atoms with van der Waals surface area (Å²) in [5.41, 5.74) is 18.3. The molecule has 232 valence electrons. The average Bonchev–Trinajstić information content (AvgIpc) is 3.34. The summed E-state index contributed by atoms with van der Waals surface area (Å²) < 4.78 is 0. The van der Waals surface area contributed by atoms with E-state index in [-0.39, 0.29) is 31.3 Å². The van der Waals surface area contributed by atoms with Gasteiger partial charge in [-0.15, -0.1) is 0 Å². The van der Waals surface area contributed by atoms with Crippen LogP contribution in [0.1, 0.15) is 45.1 Å². The first-order chi connectivity index (χ1) is 19.9. The Bertz CT molecular complexity index is 1230. The van der Waals surface area contributed by atoms with Crippen molar-refractivity contribution < 1.29 is 24.3 Å². The van der Waals surface area contributed by atoms with Gasteiger partial charge in [0.1, 0.15) is 18.1 Å². The van der Waals surface area contributed by atoms with E-state index >= 15 is 0 Å². The van der Waals surface area contributed by atoms with Gasteiger partial charge in [0.2, 0.25) is 17.7 Å². The second-order valence-electron chi connectivity index (χ2n) is 10.6. The number of H-pyrrole nitrogens is 1. The number of carbonyl (C=O) groups is 4. The van der Waals surface area contributed by atoms with Gasteiger partial charge in [-0.05, 0) is 55.2 Å². The molecule has 0 fully saturated rings. The van der Waals surface area contributed by atoms with Crippen LogP contribution in [0.5, 0.6) is 0 Å². The number of para-hydroxylation sites is 1. The lowest BCUT2D eigenvalue weighted by atomic mass is 10.0. The van der Waals surface area contributed by atoms with Crippen molar-refractivity contribution in [3.63, 3.8) is 0 Å². The maximum Gasteiger partial charge on any atom is 0.326 e. The van der Waals surface area contributed by atoms with E-state index in [9.17, 15) is 24.3 Å². The monoisotopic (exact) mass is 604 g/mol. The van der Waals surface area contributed by atoms with Crippen molar-refractivity contribution in [1.29, 1.82) is 0 Å². The first-order valence-corrected chi connectivity index (χ1v) is 15.3. The number of carboxylic acid groups (broad SMARTS) is 1. The number of nitrogens with two attached hydrogens (primary N) is 3. The highest BCUT2D eigenvalue weighted by Crippen LogP contribution is 2.19. The first-order valence-electron chi connectivity index (χ1n) is 13.9. The molecule has 1 aromatic heterocycles. The number of nitrogens with zero attached hydrogens (tertiary/aromatic N) is 1. The van der Waals surface area contributed by atoms with Gasteiger partial charge in [0.05, 0.1) is 6.04 Å². The molecule has 0 spiro atoms. The Labute approximate surface area is 250 Å². The molecule has 4 unspecified atom stereocenters. The van der Waals surface area contributed by atoms with E-state index in [2.05, 4.69) is 25.9 Å². The maximum atomic E-state index is 13.5. The summed E-state index contributed by atoms with van der Waals surface area (Å²) in [5, 5.41) is 18.6. The van der Waals surface area contributed by atoms with Gasteiger partial charge in [0, 0.05) is 30.1 Å². The van der Waals surface area contributed by atoms with Crippen molar-refractivity contribution in [2.24, 2.45) is 28.1 Å². The second-order valence-corrected chi connectivity index (χ2v) is 11.5. The molecule has 0 aliphatic rings. The van der Waals surface area contributed by atoms with Crippen molar-refractivity contribution in [3.8, 4) is 0 Å². The van der Waals surface area contributed by atoms with Crippen LogP contribution in [0.25, 0.3) is 10.9 Å². The number of hydrogen-bond acceptors (Lipinski definition) is 7. The number of guanidine groups is 1. The number of hydrogen-bond donors (Lipinski definition) is 8. The summed E-state index contributed by atoms with van der Waals surface area (Å²) in [4.78, 5) is 58.7. The smallest absolute Gasteiger partial charge is 0.326 e. The molecule has 0 saturated heterocycles. The lowest BCUT2D eigenvalue weighted by Crippen LogP contribution is -2.57. The third-order valence-electron chi connectivity index (χ3n) is 6.60. The van der Waals surface area contributed by atoms with Gasteiger partial charge < -0.3 is 43.2 Å². The lowest BCUT2D eigenvalue weighted by molar-refractivity contribution is -0.142. The fourth-order valence-electron chi connectivity index (χ4n) is 4.43. The number of nitrogens with one attached hydrogen (secondary N) is 4. The van der Waals surface area contributed by atoms with Gasteiger partial charge >= 0.3 is 5.97 Å². The van der Waals surface area contributed by atoms with Crippen molar-refractivity contribution >= 4 is 52.3 Å². The topological polar surface area (TPSA) is 231 Å². The average molecular weight is 605 g/mol. The predicted octanol–water partition coefficient (Wildman–Crippen LogP) is 0.430. The Balaban J connectivity index is 2.28. The number of aromatic amines is 1. The molecule has 2 aromatic rings. The van der Waals surface area contributed by atoms with Crippen molar-refractivity contribution in [2.45, 2.75) is 70.1 Å². The molecule has 42 heavy (non-hydrogen) atoms. The molecular weight excluding hydrogens is 560 g/mol. The van der Waals surface area contributed by atoms with Gasteiger partial charge in [-0.1, -0.05) is 32.0 Å². The summed E-state index contributed by atoms with van der Waals surface area (Å²) in [6, 6.07) is 3.43. The molecule has 0 saturated carbocycles. The Morgan fingerprint density at radius 2 is 1.62 bits per heavy atom. The minimum atomic E-state index is -1.23. The van der Waals surface area contributed by atoms with Gasteiger partial charge in [-0.25, -0.2) is 4.79 Å². The number of aliphatic carboxylic acids is 1. The minimum Gasteiger partial charge on any atom is -0.480 e. The zero-order valence-corrected chi connectivity index (χ0v) is 25.2. The fourth-order valence-corrected chi connectivity index (χ4v) is 4.90. The number of aromatic nitrogens is 1. The molecule has 1 aromatic carbocycles. The van der Waals surface area contributed by atoms with Crippen LogP contribution in [0, 0.1) is 5.92 Å². The molecule has 3 amide bonds. The van der Waals surface area contributed by atoms with Gasteiger partial charge in [-0.3, -0.25) is 19.4 Å². The number of benzene rings is 1. The SMILES string of the molecule is CSCCC(NC(=O)C(N)CC(C)C)C(=O)NC(Cc1c[nH]c2ccccc12)C(=O)NC(CCCN=C(N)N)C(=O)O. The van der Waals surface area contributed by atoms with Crippen LogP contribution in [0.3, 0.4) is 0 Å². The lowest BCUT2D eigenvalue weighted by Gasteiger charge is -2.25. The maximum absolute atomic E-state index is 13.5. The van der Waals surface area contributed by atoms with Gasteiger partial charge in [0.15, 0.2) is 5.96 Å². The van der Waals surface area contributed by atoms with Crippen molar-refractivity contribution in [1.82, 2.24) is 20.9 Å². The predicted molar refractivity (Wildman–Crippen MR) is 166 cm³/mol. The number of carbonyl (C=O) groups excluding carboxylic acids is 3. The summed E-state index contributed by atoms with van der Waals surface area (Å²) in [6.45, 7) is 4.10. The summed E-state index contributed by atoms with van der Waals surface area (Å²) in [6.07, 6.45) is 4.87. The standard InChI is InChI=1S/C28H44N8O5S/c1-16(2)13-19(29)24(37)34-21(10-12-42-3)25(38)36-23(14-17-15-33-20-8-5-4-7-18(17)20)26(39)35-22(27(40)41)9-6-11-32-28(30)31/h4-5,7-8,15-16,19,21-23,33H,6,9-14,29H2,1-3H3,(H,34,37)(H,35,39)(H,36,38)(H,40,41)(H4,30,31,32). The van der Waals surface area contributed by atoms with Gasteiger partial charge in [0.25, 0.3) is 0 Å². The van der Waals surface area contributed by atoms with Crippen LogP contribution < -0.4 is 33.2 Å². The highest BCUT2D eigenvalue weighted by molar-refractivity contribution is 7.98. The number of carboxylic acids is 1. The number of fused-ring (bicyclic) bond motifs is 1. The molecule has 4 atom stereocenters. The molecular formula is C28H44N8O5S. The van der Waals surface area contributed by atoms with Crippen LogP contribution in [0.15, 0.2) is 35.5 Å². The third kappa shape index (κ3) is 11.2. The van der Waals surface area contributed by atoms with Crippen LogP contribution in [0.2, 0.25) is 0 Å². The number of rotatable bonds is 18. The molecule has 0 radical (unpaired) electrons. The Morgan fingerprint density at radius 3 is 2.26 bits per heavy atom. The highest BCUT2D eigenvalue weighted by atomic mass is 32.2. The number of thioether (sulfide) groups is 1. The third-order valence-corrected chi connectivity index (χ3v) is 7.24. The molecule has 2 rings (SSSR count). The summed E-state index contributed by atoms with van der Waals surface area (Å²) >= 11 is 1.51. The Morgan fingerprint density at radius 1 is 0.976 bits per heavy atom. The summed E-state index contributed by atoms with van der Waals surface area (Å²) in [5.74, 6) is -2.25. The van der Waals surface area contributed by atoms with Gasteiger partial charge in [-0.2, -0.15) is 11.8 Å². The zero-order chi connectivity index (χ0) is 31.2. The van der Waals surface area contributed by atoms with Crippen molar-refractivity contribution in [3.05, 3.63) is 36.0 Å². The molecule has 0 aliphatic carbocycles. The van der Waals surface area contributed by atoms with E-state index < -0.39 is 47.9 Å². The van der Waals surface area contributed by atoms with Crippen LogP contribution >= 0.6 is 11.8 Å². The minimum absolute atomic E-state index is 0.0751. The molecule has 11 N–H and O–H groups in total. The quantitative estimate of drug-likeness (QED) is 0.0669. The Kier molecular flexibility index (Phi) is 14.1. The largest absolute Gasteiger partial charge is 0.480 e. The van der Waals surface area contributed by atoms with Crippen LogP contribution in [-0.2, 0) is 25.6 Å². The Hall–Kier alpha value is -3.78. The highest BCUT2D eigenvalue weighted by Gasteiger charge is 2.31. The molecule has 1 heterocycles. The fraction of sp³-hybridized carbons (Fsp3) is 0.536. The molecule has 14 heteroatoms. The molecule has 0 aliphatic heterocycles. The van der Waals surface area contributed by atoms with Crippen LogP contribution in [-0.4, -0.2) is 82.5 Å². The van der Waals surface area contributed by atoms with E-state index in [0.29, 0.717) is 25.0 Å². The number of amides is 3. The molecule has 13 nitrogen and oxygen atoms in total. The van der Waals surface area contributed by atoms with E-state index in [0.717, 1.165) is 16.5 Å². The van der Waals surface area contributed by atoms with Crippen LogP contribution in [0.4, 0.5) is 0 Å². The van der Waals surface area contributed by atoms with E-state index in [4.69, 9.17) is 17.2 Å². The first kappa shape index (κ1) is 34.4. The van der Waals surface area contributed by atoms with E-state index in [1.54, 1.807) is 6.20 Å². The normalized spacial score (nSPS) is 14.0. The van der Waals surface area contributed by atoms with Crippen molar-refractivity contribution in [2.75, 3.05) is 18.6 Å². The van der Waals surface area contributed by atoms with E-state index in [1.165, 1.54) is 11.8 Å². The van der Waals surface area contributed by atoms with E-state index in [1.807, 2.05) is 44.4 Å².